The third-order valence-electron chi connectivity index (χ3n) is 6.08. The van der Waals surface area contributed by atoms with Gasteiger partial charge in [-0.3, -0.25) is 9.59 Å². The highest BCUT2D eigenvalue weighted by atomic mass is 79.9. The second kappa shape index (κ2) is 9.08. The van der Waals surface area contributed by atoms with E-state index in [4.69, 9.17) is 16.3 Å². The van der Waals surface area contributed by atoms with Crippen LogP contribution in [0.15, 0.2) is 53.0 Å². The molecule has 4 rings (SSSR count). The van der Waals surface area contributed by atoms with Crippen LogP contribution >= 0.6 is 27.5 Å². The van der Waals surface area contributed by atoms with Gasteiger partial charge in [-0.1, -0.05) is 45.7 Å². The summed E-state index contributed by atoms with van der Waals surface area (Å²) in [6.07, 6.45) is 1.35. The molecule has 158 valence electrons. The molecule has 0 aromatic heterocycles. The van der Waals surface area contributed by atoms with Gasteiger partial charge in [0.15, 0.2) is 0 Å². The molecule has 0 aliphatic carbocycles. The van der Waals surface area contributed by atoms with Gasteiger partial charge in [-0.2, -0.15) is 0 Å². The molecule has 0 spiro atoms. The smallest absolute Gasteiger partial charge is 0.254 e. The molecule has 0 saturated carbocycles. The zero-order valence-corrected chi connectivity index (χ0v) is 19.0. The zero-order chi connectivity index (χ0) is 21.1. The van der Waals surface area contributed by atoms with Crippen LogP contribution in [0.2, 0.25) is 5.02 Å². The highest BCUT2D eigenvalue weighted by molar-refractivity contribution is 9.10. The number of hydrogen-bond acceptors (Lipinski definition) is 3. The number of hydrogen-bond donors (Lipinski definition) is 0. The van der Waals surface area contributed by atoms with Crippen LogP contribution in [-0.4, -0.2) is 61.0 Å². The van der Waals surface area contributed by atoms with Crippen LogP contribution in [-0.2, 0) is 14.9 Å². The fraction of sp³-hybridized carbons (Fsp3) is 0.391. The lowest BCUT2D eigenvalue weighted by Crippen LogP contribution is -2.56. The summed E-state index contributed by atoms with van der Waals surface area (Å²) in [5.41, 5.74) is 1.06. The van der Waals surface area contributed by atoms with E-state index in [2.05, 4.69) is 15.9 Å². The lowest BCUT2D eigenvalue weighted by atomic mass is 9.73. The first-order chi connectivity index (χ1) is 14.5. The Labute approximate surface area is 190 Å². The fourth-order valence-corrected chi connectivity index (χ4v) is 4.79. The largest absolute Gasteiger partial charge is 0.381 e. The van der Waals surface area contributed by atoms with E-state index in [0.29, 0.717) is 62.8 Å². The summed E-state index contributed by atoms with van der Waals surface area (Å²) in [6.45, 7) is 3.26. The maximum Gasteiger partial charge on any atom is 0.254 e. The lowest BCUT2D eigenvalue weighted by molar-refractivity contribution is -0.142. The van der Waals surface area contributed by atoms with Crippen molar-refractivity contribution in [2.45, 2.75) is 18.3 Å². The molecule has 30 heavy (non-hydrogen) atoms. The molecule has 0 unspecified atom stereocenters. The van der Waals surface area contributed by atoms with Crippen molar-refractivity contribution in [1.29, 1.82) is 0 Å². The minimum absolute atomic E-state index is 0.0433. The van der Waals surface area contributed by atoms with Gasteiger partial charge in [-0.25, -0.2) is 0 Å². The van der Waals surface area contributed by atoms with Gasteiger partial charge < -0.3 is 14.5 Å². The maximum atomic E-state index is 13.7. The second-order valence-electron chi connectivity index (χ2n) is 7.80. The van der Waals surface area contributed by atoms with Crippen LogP contribution in [0.4, 0.5) is 0 Å². The van der Waals surface area contributed by atoms with Gasteiger partial charge in [0.25, 0.3) is 5.91 Å². The first-order valence-corrected chi connectivity index (χ1v) is 11.3. The quantitative estimate of drug-likeness (QED) is 0.648. The molecular formula is C23H24BrClN2O3. The van der Waals surface area contributed by atoms with Gasteiger partial charge in [0.2, 0.25) is 5.91 Å². The molecule has 0 bridgehead atoms. The highest BCUT2D eigenvalue weighted by Crippen LogP contribution is 2.37. The highest BCUT2D eigenvalue weighted by Gasteiger charge is 2.44. The first-order valence-electron chi connectivity index (χ1n) is 10.2. The molecule has 0 radical (unpaired) electrons. The Kier molecular flexibility index (Phi) is 6.46. The minimum atomic E-state index is -0.557. The molecule has 5 nitrogen and oxygen atoms in total. The normalized spacial score (nSPS) is 18.9. The van der Waals surface area contributed by atoms with Crippen molar-refractivity contribution in [3.63, 3.8) is 0 Å². The molecular weight excluding hydrogens is 468 g/mol. The molecule has 7 heteroatoms. The number of amides is 2. The van der Waals surface area contributed by atoms with Crippen molar-refractivity contribution in [3.05, 3.63) is 69.2 Å². The Bertz CT molecular complexity index is 920. The number of nitrogens with zero attached hydrogens (tertiary/aromatic N) is 2. The van der Waals surface area contributed by atoms with Crippen LogP contribution in [0.1, 0.15) is 28.8 Å². The summed E-state index contributed by atoms with van der Waals surface area (Å²) in [4.78, 5) is 30.2. The average molecular weight is 492 g/mol. The predicted molar refractivity (Wildman–Crippen MR) is 120 cm³/mol. The third-order valence-corrected chi connectivity index (χ3v) is 6.84. The van der Waals surface area contributed by atoms with E-state index in [1.165, 1.54) is 0 Å². The van der Waals surface area contributed by atoms with Gasteiger partial charge in [-0.05, 0) is 48.7 Å². The molecule has 2 aliphatic heterocycles. The van der Waals surface area contributed by atoms with Gasteiger partial charge in [0.05, 0.1) is 5.41 Å². The monoisotopic (exact) mass is 490 g/mol. The summed E-state index contributed by atoms with van der Waals surface area (Å²) in [6, 6.07) is 15.0. The second-order valence-corrected chi connectivity index (χ2v) is 9.15. The standard InChI is InChI=1S/C23H24BrClN2O3/c24-19-6-4-18(5-7-19)23(8-14-30-15-9-23)22(29)27-12-10-26(11-13-27)21(28)17-2-1-3-20(25)16-17/h1-7,16H,8-15H2. The topological polar surface area (TPSA) is 49.9 Å². The Balaban J connectivity index is 1.48. The number of carbonyl (C=O) groups excluding carboxylic acids is 2. The molecule has 2 fully saturated rings. The number of piperazine rings is 1. The molecule has 0 atom stereocenters. The fourth-order valence-electron chi connectivity index (χ4n) is 4.33. The molecule has 2 saturated heterocycles. The number of ether oxygens (including phenoxy) is 1. The van der Waals surface area contributed by atoms with Crippen molar-refractivity contribution in [3.8, 4) is 0 Å². The summed E-state index contributed by atoms with van der Waals surface area (Å²) < 4.78 is 6.57. The van der Waals surface area contributed by atoms with E-state index >= 15 is 0 Å². The Hall–Kier alpha value is -1.89. The van der Waals surface area contributed by atoms with Crippen molar-refractivity contribution in [1.82, 2.24) is 9.80 Å². The molecule has 2 heterocycles. The van der Waals surface area contributed by atoms with Crippen LogP contribution in [0.5, 0.6) is 0 Å². The van der Waals surface area contributed by atoms with Crippen molar-refractivity contribution in [2.75, 3.05) is 39.4 Å². The van der Waals surface area contributed by atoms with Crippen molar-refractivity contribution >= 4 is 39.3 Å². The molecule has 2 aliphatic rings. The molecule has 2 aromatic rings. The van der Waals surface area contributed by atoms with E-state index in [0.717, 1.165) is 10.0 Å². The third kappa shape index (κ3) is 4.27. The number of halogens is 2. The van der Waals surface area contributed by atoms with Gasteiger partial charge in [0, 0.05) is 54.5 Å². The van der Waals surface area contributed by atoms with Crippen molar-refractivity contribution < 1.29 is 14.3 Å². The summed E-state index contributed by atoms with van der Waals surface area (Å²) in [7, 11) is 0. The van der Waals surface area contributed by atoms with E-state index in [1.807, 2.05) is 29.2 Å². The van der Waals surface area contributed by atoms with E-state index in [1.54, 1.807) is 29.2 Å². The van der Waals surface area contributed by atoms with Crippen LogP contribution < -0.4 is 0 Å². The van der Waals surface area contributed by atoms with Crippen LogP contribution in [0, 0.1) is 0 Å². The van der Waals surface area contributed by atoms with E-state index < -0.39 is 5.41 Å². The van der Waals surface area contributed by atoms with Crippen LogP contribution in [0.3, 0.4) is 0 Å². The summed E-state index contributed by atoms with van der Waals surface area (Å²) in [5.74, 6) is 0.0984. The minimum Gasteiger partial charge on any atom is -0.381 e. The van der Waals surface area contributed by atoms with E-state index in [9.17, 15) is 9.59 Å². The predicted octanol–water partition coefficient (Wildman–Crippen LogP) is 4.14. The van der Waals surface area contributed by atoms with Crippen LogP contribution in [0.25, 0.3) is 0 Å². The van der Waals surface area contributed by atoms with Crippen molar-refractivity contribution in [2.24, 2.45) is 0 Å². The van der Waals surface area contributed by atoms with Gasteiger partial charge in [0.1, 0.15) is 0 Å². The Morgan fingerprint density at radius 2 is 1.57 bits per heavy atom. The first kappa shape index (κ1) is 21.3. The number of benzene rings is 2. The summed E-state index contributed by atoms with van der Waals surface area (Å²) >= 11 is 9.50. The van der Waals surface area contributed by atoms with Gasteiger partial charge in [-0.15, -0.1) is 0 Å². The summed E-state index contributed by atoms with van der Waals surface area (Å²) in [5, 5.41) is 0.547. The SMILES string of the molecule is O=C(c1cccc(Cl)c1)N1CCN(C(=O)C2(c3ccc(Br)cc3)CCOCC2)CC1. The number of rotatable bonds is 3. The molecule has 2 aromatic carbocycles. The Morgan fingerprint density at radius 1 is 0.933 bits per heavy atom. The molecule has 2 amide bonds. The lowest BCUT2D eigenvalue weighted by Gasteiger charge is -2.43. The zero-order valence-electron chi connectivity index (χ0n) is 16.7. The number of carbonyl (C=O) groups is 2. The average Bonchev–Trinajstić information content (AvgIpc) is 2.79. The van der Waals surface area contributed by atoms with E-state index in [-0.39, 0.29) is 11.8 Å². The van der Waals surface area contributed by atoms with Gasteiger partial charge >= 0.3 is 0 Å². The maximum absolute atomic E-state index is 13.7. The Morgan fingerprint density at radius 3 is 2.20 bits per heavy atom. The molecule has 0 N–H and O–H groups in total.